The zero-order valence-corrected chi connectivity index (χ0v) is 18.1. The minimum absolute atomic E-state index is 0.0530. The molecule has 0 spiro atoms. The zero-order valence-electron chi connectivity index (χ0n) is 17.2. The molecule has 0 fully saturated rings. The number of nitrogens with one attached hydrogen (secondary N) is 2. The van der Waals surface area contributed by atoms with Crippen LogP contribution >= 0.6 is 0 Å². The lowest BCUT2D eigenvalue weighted by atomic mass is 10.2. The highest BCUT2D eigenvalue weighted by atomic mass is 32.2. The van der Waals surface area contributed by atoms with Crippen LogP contribution in [0, 0.1) is 6.92 Å². The maximum absolute atomic E-state index is 12.8. The predicted molar refractivity (Wildman–Crippen MR) is 121 cm³/mol. The summed E-state index contributed by atoms with van der Waals surface area (Å²) in [7, 11) is -3.91. The molecule has 32 heavy (non-hydrogen) atoms. The van der Waals surface area contributed by atoms with Gasteiger partial charge in [0.15, 0.2) is 6.61 Å². The van der Waals surface area contributed by atoms with Crippen molar-refractivity contribution < 1.29 is 22.7 Å². The Kier molecular flexibility index (Phi) is 5.83. The molecule has 0 atom stereocenters. The lowest BCUT2D eigenvalue weighted by Gasteiger charge is -2.29. The van der Waals surface area contributed by atoms with Gasteiger partial charge in [-0.05, 0) is 48.9 Å². The molecule has 1 aliphatic rings. The third kappa shape index (κ3) is 4.57. The molecule has 0 radical (unpaired) electrons. The van der Waals surface area contributed by atoms with Crippen LogP contribution in [0.2, 0.25) is 0 Å². The van der Waals surface area contributed by atoms with Gasteiger partial charge in [-0.3, -0.25) is 19.2 Å². The molecule has 0 saturated carbocycles. The number of carbonyl (C=O) groups is 2. The van der Waals surface area contributed by atoms with Crippen LogP contribution < -0.4 is 19.7 Å². The second kappa shape index (κ2) is 8.72. The first-order valence-electron chi connectivity index (χ1n) is 9.84. The number of anilines is 3. The number of aryl methyl sites for hydroxylation is 1. The fourth-order valence-electron chi connectivity index (χ4n) is 3.29. The molecule has 1 aliphatic heterocycles. The molecule has 8 nitrogen and oxygen atoms in total. The standard InChI is InChI=1S/C23H21N3O5S/c1-16-7-5-6-10-19(16)24-22(27)14-26-20-13-18(11-12-21(20)31-15-23(26)28)32(29,30)25-17-8-3-2-4-9-17/h2-13,25H,14-15H2,1H3,(H,24,27). The van der Waals surface area contributed by atoms with Crippen molar-refractivity contribution in [2.24, 2.45) is 0 Å². The van der Waals surface area contributed by atoms with Crippen molar-refractivity contribution in [1.82, 2.24) is 0 Å². The SMILES string of the molecule is Cc1ccccc1NC(=O)CN1C(=O)COc2ccc(S(=O)(=O)Nc3ccccc3)cc21. The Bertz CT molecular complexity index is 1280. The highest BCUT2D eigenvalue weighted by Gasteiger charge is 2.29. The molecule has 3 aromatic carbocycles. The number of rotatable bonds is 6. The van der Waals surface area contributed by atoms with Gasteiger partial charge in [0.1, 0.15) is 12.3 Å². The van der Waals surface area contributed by atoms with E-state index < -0.39 is 21.8 Å². The molecule has 4 rings (SSSR count). The fraction of sp³-hybridized carbons (Fsp3) is 0.130. The topological polar surface area (TPSA) is 105 Å². The van der Waals surface area contributed by atoms with Crippen molar-refractivity contribution in [1.29, 1.82) is 0 Å². The van der Waals surface area contributed by atoms with Gasteiger partial charge in [-0.25, -0.2) is 8.42 Å². The van der Waals surface area contributed by atoms with E-state index in [2.05, 4.69) is 10.0 Å². The number of amides is 2. The monoisotopic (exact) mass is 451 g/mol. The van der Waals surface area contributed by atoms with Crippen LogP contribution in [0.25, 0.3) is 0 Å². The summed E-state index contributed by atoms with van der Waals surface area (Å²) in [5, 5.41) is 2.78. The third-order valence-electron chi connectivity index (χ3n) is 4.93. The van der Waals surface area contributed by atoms with E-state index in [9.17, 15) is 18.0 Å². The number of nitrogens with zero attached hydrogens (tertiary/aromatic N) is 1. The van der Waals surface area contributed by atoms with Gasteiger partial charge >= 0.3 is 0 Å². The lowest BCUT2D eigenvalue weighted by molar-refractivity contribution is -0.123. The minimum atomic E-state index is -3.91. The van der Waals surface area contributed by atoms with Crippen molar-refractivity contribution >= 4 is 38.9 Å². The van der Waals surface area contributed by atoms with Gasteiger partial charge in [0.2, 0.25) is 5.91 Å². The number of hydrogen-bond donors (Lipinski definition) is 2. The molecule has 0 unspecified atom stereocenters. The highest BCUT2D eigenvalue weighted by molar-refractivity contribution is 7.92. The molecule has 164 valence electrons. The lowest BCUT2D eigenvalue weighted by Crippen LogP contribution is -2.43. The minimum Gasteiger partial charge on any atom is -0.482 e. The first-order chi connectivity index (χ1) is 15.3. The van der Waals surface area contributed by atoms with Gasteiger partial charge in [0.25, 0.3) is 15.9 Å². The summed E-state index contributed by atoms with van der Waals surface area (Å²) in [4.78, 5) is 26.3. The molecule has 0 saturated heterocycles. The van der Waals surface area contributed by atoms with Crippen molar-refractivity contribution in [3.63, 3.8) is 0 Å². The summed E-state index contributed by atoms with van der Waals surface area (Å²) in [6, 6.07) is 20.0. The molecule has 0 aromatic heterocycles. The van der Waals surface area contributed by atoms with E-state index in [1.807, 2.05) is 19.1 Å². The van der Waals surface area contributed by atoms with Crippen LogP contribution in [0.5, 0.6) is 5.75 Å². The largest absolute Gasteiger partial charge is 0.482 e. The maximum Gasteiger partial charge on any atom is 0.265 e. The summed E-state index contributed by atoms with van der Waals surface area (Å²) in [6.07, 6.45) is 0. The van der Waals surface area contributed by atoms with Gasteiger partial charge in [-0.1, -0.05) is 36.4 Å². The average Bonchev–Trinajstić information content (AvgIpc) is 2.77. The molecule has 1 heterocycles. The quantitative estimate of drug-likeness (QED) is 0.599. The Hall–Kier alpha value is -3.85. The average molecular weight is 452 g/mol. The van der Waals surface area contributed by atoms with Gasteiger partial charge in [-0.15, -0.1) is 0 Å². The zero-order chi connectivity index (χ0) is 22.7. The normalized spacial score (nSPS) is 13.2. The van der Waals surface area contributed by atoms with Crippen molar-refractivity contribution in [3.05, 3.63) is 78.4 Å². The summed E-state index contributed by atoms with van der Waals surface area (Å²) in [6.45, 7) is 1.35. The Labute approximate surface area is 185 Å². The number of ether oxygens (including phenoxy) is 1. The van der Waals surface area contributed by atoms with Crippen molar-refractivity contribution in [3.8, 4) is 5.75 Å². The van der Waals surface area contributed by atoms with Crippen molar-refractivity contribution in [2.45, 2.75) is 11.8 Å². The number of hydrogen-bond acceptors (Lipinski definition) is 5. The van der Waals surface area contributed by atoms with E-state index in [-0.39, 0.29) is 23.7 Å². The Morgan fingerprint density at radius 1 is 1.03 bits per heavy atom. The highest BCUT2D eigenvalue weighted by Crippen LogP contribution is 2.34. The molecule has 0 bridgehead atoms. The van der Waals surface area contributed by atoms with E-state index in [4.69, 9.17) is 4.74 Å². The molecule has 2 N–H and O–H groups in total. The van der Waals surface area contributed by atoms with Crippen LogP contribution in [0.1, 0.15) is 5.56 Å². The van der Waals surface area contributed by atoms with Crippen LogP contribution in [-0.2, 0) is 19.6 Å². The number of sulfonamides is 1. The maximum atomic E-state index is 12.8. The van der Waals surface area contributed by atoms with Gasteiger partial charge in [0.05, 0.1) is 10.6 Å². The van der Waals surface area contributed by atoms with Crippen molar-refractivity contribution in [2.75, 3.05) is 28.1 Å². The van der Waals surface area contributed by atoms with Crippen LogP contribution in [-0.4, -0.2) is 33.4 Å². The first-order valence-corrected chi connectivity index (χ1v) is 11.3. The Morgan fingerprint density at radius 3 is 2.50 bits per heavy atom. The summed E-state index contributed by atoms with van der Waals surface area (Å²) in [5.41, 5.74) is 2.15. The smallest absolute Gasteiger partial charge is 0.265 e. The Balaban J connectivity index is 1.59. The van der Waals surface area contributed by atoms with E-state index in [1.165, 1.54) is 23.1 Å². The molecule has 0 aliphatic carbocycles. The van der Waals surface area contributed by atoms with E-state index in [0.717, 1.165) is 5.56 Å². The predicted octanol–water partition coefficient (Wildman–Crippen LogP) is 3.16. The van der Waals surface area contributed by atoms with Gasteiger partial charge < -0.3 is 10.1 Å². The molecular weight excluding hydrogens is 430 g/mol. The number of benzene rings is 3. The number of para-hydroxylation sites is 2. The third-order valence-corrected chi connectivity index (χ3v) is 6.31. The van der Waals surface area contributed by atoms with Gasteiger partial charge in [0, 0.05) is 11.4 Å². The second-order valence-electron chi connectivity index (χ2n) is 7.23. The van der Waals surface area contributed by atoms with Gasteiger partial charge in [-0.2, -0.15) is 0 Å². The number of fused-ring (bicyclic) bond motifs is 1. The molecule has 2 amide bonds. The van der Waals surface area contributed by atoms with E-state index >= 15 is 0 Å². The number of carbonyl (C=O) groups excluding carboxylic acids is 2. The molecule has 3 aromatic rings. The summed E-state index contributed by atoms with van der Waals surface area (Å²) in [5.74, 6) is -0.522. The van der Waals surface area contributed by atoms with E-state index in [1.54, 1.807) is 42.5 Å². The summed E-state index contributed by atoms with van der Waals surface area (Å²) >= 11 is 0. The molecular formula is C23H21N3O5S. The van der Waals surface area contributed by atoms with Crippen LogP contribution in [0.15, 0.2) is 77.7 Å². The second-order valence-corrected chi connectivity index (χ2v) is 8.92. The Morgan fingerprint density at radius 2 is 1.75 bits per heavy atom. The fourth-order valence-corrected chi connectivity index (χ4v) is 4.37. The van der Waals surface area contributed by atoms with Crippen LogP contribution in [0.3, 0.4) is 0 Å². The summed E-state index contributed by atoms with van der Waals surface area (Å²) < 4.78 is 33.6. The van der Waals surface area contributed by atoms with Crippen LogP contribution in [0.4, 0.5) is 17.1 Å². The first kappa shape index (κ1) is 21.4. The molecule has 9 heteroatoms. The van der Waals surface area contributed by atoms with E-state index in [0.29, 0.717) is 17.1 Å².